The van der Waals surface area contributed by atoms with Gasteiger partial charge in [-0.05, 0) is 72.8 Å². The molecule has 1 aliphatic rings. The second kappa shape index (κ2) is 5.36. The molecule has 0 heteroatoms. The molecule has 0 heterocycles. The second-order valence-corrected chi connectivity index (χ2v) is 6.33. The minimum Gasteiger partial charge on any atom is -0.100 e. The van der Waals surface area contributed by atoms with Crippen molar-refractivity contribution in [3.63, 3.8) is 0 Å². The van der Waals surface area contributed by atoms with Crippen LogP contribution in [0.4, 0.5) is 0 Å². The molecule has 0 aliphatic heterocycles. The van der Waals surface area contributed by atoms with Crippen LogP contribution in [0.1, 0.15) is 49.4 Å². The molecule has 0 fully saturated rings. The number of benzene rings is 1. The summed E-state index contributed by atoms with van der Waals surface area (Å²) >= 11 is 0. The van der Waals surface area contributed by atoms with Crippen molar-refractivity contribution in [2.45, 2.75) is 47.0 Å². The maximum absolute atomic E-state index is 4.32. The van der Waals surface area contributed by atoms with E-state index in [4.69, 9.17) is 0 Å². The second-order valence-electron chi connectivity index (χ2n) is 6.33. The highest BCUT2D eigenvalue weighted by molar-refractivity contribution is 5.71. The van der Waals surface area contributed by atoms with Gasteiger partial charge in [0.2, 0.25) is 0 Å². The van der Waals surface area contributed by atoms with Crippen molar-refractivity contribution in [2.24, 2.45) is 11.8 Å². The predicted octanol–water partition coefficient (Wildman–Crippen LogP) is 5.35. The van der Waals surface area contributed by atoms with Crippen LogP contribution in [0.25, 0.3) is 5.57 Å². The van der Waals surface area contributed by atoms with Gasteiger partial charge in [0.15, 0.2) is 0 Å². The smallest absolute Gasteiger partial charge is 0.0161 e. The molecule has 0 bridgehead atoms. The van der Waals surface area contributed by atoms with Gasteiger partial charge in [-0.3, -0.25) is 0 Å². The van der Waals surface area contributed by atoms with Crippen molar-refractivity contribution in [1.29, 1.82) is 0 Å². The maximum Gasteiger partial charge on any atom is -0.0161 e. The van der Waals surface area contributed by atoms with E-state index in [0.717, 1.165) is 12.8 Å². The van der Waals surface area contributed by atoms with Crippen LogP contribution >= 0.6 is 0 Å². The fourth-order valence-electron chi connectivity index (χ4n) is 3.08. The minimum atomic E-state index is 0.605. The van der Waals surface area contributed by atoms with E-state index in [9.17, 15) is 0 Å². The van der Waals surface area contributed by atoms with E-state index >= 15 is 0 Å². The van der Waals surface area contributed by atoms with Gasteiger partial charge >= 0.3 is 0 Å². The van der Waals surface area contributed by atoms with E-state index in [1.807, 2.05) is 0 Å². The van der Waals surface area contributed by atoms with E-state index in [2.05, 4.69) is 53.0 Å². The summed E-state index contributed by atoms with van der Waals surface area (Å²) < 4.78 is 0. The third kappa shape index (κ3) is 2.68. The van der Waals surface area contributed by atoms with Crippen molar-refractivity contribution in [1.82, 2.24) is 0 Å². The first-order valence-electron chi connectivity index (χ1n) is 7.36. The van der Waals surface area contributed by atoms with Crippen molar-refractivity contribution < 1.29 is 0 Å². The lowest BCUT2D eigenvalue weighted by molar-refractivity contribution is 0.455. The van der Waals surface area contributed by atoms with Crippen LogP contribution in [0.15, 0.2) is 30.9 Å². The van der Waals surface area contributed by atoms with Crippen molar-refractivity contribution in [3.05, 3.63) is 53.1 Å². The van der Waals surface area contributed by atoms with Gasteiger partial charge in [0.1, 0.15) is 0 Å². The van der Waals surface area contributed by atoms with Crippen LogP contribution < -0.4 is 0 Å². The van der Waals surface area contributed by atoms with Crippen LogP contribution in [-0.4, -0.2) is 0 Å². The molecule has 2 rings (SSSR count). The van der Waals surface area contributed by atoms with Gasteiger partial charge < -0.3 is 0 Å². The minimum absolute atomic E-state index is 0.605. The molecule has 0 amide bonds. The number of fused-ring (bicyclic) bond motifs is 1. The molecular weight excluding hydrogens is 228 g/mol. The Morgan fingerprint density at radius 3 is 2.63 bits per heavy atom. The molecule has 0 aromatic heterocycles. The lowest BCUT2D eigenvalue weighted by Gasteiger charge is -2.32. The van der Waals surface area contributed by atoms with Gasteiger partial charge in [0, 0.05) is 0 Å². The lowest BCUT2D eigenvalue weighted by Crippen LogP contribution is -2.20. The van der Waals surface area contributed by atoms with Gasteiger partial charge in [-0.15, -0.1) is 6.58 Å². The highest BCUT2D eigenvalue weighted by Gasteiger charge is 2.26. The third-order valence-electron chi connectivity index (χ3n) is 4.81. The molecular formula is C19H26. The van der Waals surface area contributed by atoms with Crippen LogP contribution in [0, 0.1) is 18.8 Å². The first-order chi connectivity index (χ1) is 8.91. The van der Waals surface area contributed by atoms with Gasteiger partial charge in [0.25, 0.3) is 0 Å². The number of hydrogen-bond acceptors (Lipinski definition) is 0. The zero-order valence-corrected chi connectivity index (χ0v) is 12.8. The van der Waals surface area contributed by atoms with E-state index in [1.54, 1.807) is 0 Å². The summed E-state index contributed by atoms with van der Waals surface area (Å²) in [5.41, 5.74) is 8.50. The molecule has 1 aromatic carbocycles. The van der Waals surface area contributed by atoms with Crippen molar-refractivity contribution in [3.8, 4) is 0 Å². The quantitative estimate of drug-likeness (QED) is 0.638. The standard InChI is InChI=1S/C19H26/c1-12(2)7-8-17-9-10-18-15(5)14(4)13(3)11-19(18)16(17)6/h9-10,13-14H,1,5,7-8,11H2,2-4,6H3. The molecule has 0 spiro atoms. The molecule has 19 heavy (non-hydrogen) atoms. The fourth-order valence-corrected chi connectivity index (χ4v) is 3.08. The van der Waals surface area contributed by atoms with Gasteiger partial charge in [-0.2, -0.15) is 0 Å². The largest absolute Gasteiger partial charge is 0.100 e. The summed E-state index contributed by atoms with van der Waals surface area (Å²) in [6.07, 6.45) is 3.40. The van der Waals surface area contributed by atoms with Gasteiger partial charge in [0.05, 0.1) is 0 Å². The SMILES string of the molecule is C=C(C)CCc1ccc2c(c1C)CC(C)C(C)C2=C. The molecule has 0 N–H and O–H groups in total. The highest BCUT2D eigenvalue weighted by atomic mass is 14.3. The normalized spacial score (nSPS) is 22.2. The summed E-state index contributed by atoms with van der Waals surface area (Å²) in [7, 11) is 0. The zero-order valence-electron chi connectivity index (χ0n) is 12.8. The number of allylic oxidation sites excluding steroid dienone is 2. The molecule has 2 atom stereocenters. The Balaban J connectivity index is 2.37. The Bertz CT molecular complexity index is 519. The average Bonchev–Trinajstić information content (AvgIpc) is 2.36. The molecule has 1 aromatic rings. The monoisotopic (exact) mass is 254 g/mol. The molecule has 0 radical (unpaired) electrons. The van der Waals surface area contributed by atoms with Crippen LogP contribution in [0.5, 0.6) is 0 Å². The Morgan fingerprint density at radius 2 is 2.00 bits per heavy atom. The van der Waals surface area contributed by atoms with E-state index < -0.39 is 0 Å². The average molecular weight is 254 g/mol. The highest BCUT2D eigenvalue weighted by Crippen LogP contribution is 2.39. The molecule has 102 valence electrons. The zero-order chi connectivity index (χ0) is 14.2. The maximum atomic E-state index is 4.32. The summed E-state index contributed by atoms with van der Waals surface area (Å²) in [5, 5.41) is 0. The Labute approximate surface area is 118 Å². The first-order valence-corrected chi connectivity index (χ1v) is 7.36. The number of rotatable bonds is 3. The lowest BCUT2D eigenvalue weighted by atomic mass is 9.73. The molecule has 0 nitrogen and oxygen atoms in total. The first kappa shape index (κ1) is 14.1. The Kier molecular flexibility index (Phi) is 3.99. The number of aryl methyl sites for hydroxylation is 1. The molecule has 2 unspecified atom stereocenters. The van der Waals surface area contributed by atoms with Crippen molar-refractivity contribution >= 4 is 5.57 Å². The summed E-state index contributed by atoms with van der Waals surface area (Å²) in [6, 6.07) is 4.59. The predicted molar refractivity (Wildman–Crippen MR) is 85.4 cm³/mol. The van der Waals surface area contributed by atoms with Crippen molar-refractivity contribution in [2.75, 3.05) is 0 Å². The van der Waals surface area contributed by atoms with Gasteiger partial charge in [-0.1, -0.05) is 38.1 Å². The molecule has 1 aliphatic carbocycles. The van der Waals surface area contributed by atoms with E-state index in [-0.39, 0.29) is 0 Å². The molecule has 0 saturated heterocycles. The topological polar surface area (TPSA) is 0 Å². The van der Waals surface area contributed by atoms with Crippen LogP contribution in [-0.2, 0) is 12.8 Å². The summed E-state index contributed by atoms with van der Waals surface area (Å²) in [4.78, 5) is 0. The van der Waals surface area contributed by atoms with E-state index in [0.29, 0.717) is 11.8 Å². The number of hydrogen-bond donors (Lipinski definition) is 0. The van der Waals surface area contributed by atoms with Crippen LogP contribution in [0.3, 0.4) is 0 Å². The Morgan fingerprint density at radius 1 is 1.32 bits per heavy atom. The summed E-state index contributed by atoms with van der Waals surface area (Å²) in [5.74, 6) is 1.31. The third-order valence-corrected chi connectivity index (χ3v) is 4.81. The molecule has 0 saturated carbocycles. The summed E-state index contributed by atoms with van der Waals surface area (Å²) in [6.45, 7) is 17.4. The Hall–Kier alpha value is -1.30. The van der Waals surface area contributed by atoms with E-state index in [1.165, 1.54) is 39.8 Å². The van der Waals surface area contributed by atoms with Gasteiger partial charge in [-0.25, -0.2) is 0 Å². The fraction of sp³-hybridized carbons (Fsp3) is 0.474. The van der Waals surface area contributed by atoms with Crippen LogP contribution in [0.2, 0.25) is 0 Å².